The number of carbonyl (C=O) groups is 1. The number of halogens is 1. The molecule has 2 aromatic carbocycles. The van der Waals surface area contributed by atoms with Gasteiger partial charge in [-0.3, -0.25) is 9.48 Å². The molecule has 1 aliphatic rings. The van der Waals surface area contributed by atoms with Gasteiger partial charge >= 0.3 is 5.97 Å². The Balaban J connectivity index is 1.64. The molecule has 1 saturated heterocycles. The first-order chi connectivity index (χ1) is 15.6. The van der Waals surface area contributed by atoms with Gasteiger partial charge in [0.15, 0.2) is 0 Å². The first-order valence-corrected chi connectivity index (χ1v) is 12.5. The third-order valence-corrected chi connectivity index (χ3v) is 7.83. The maximum atomic E-state index is 13.3. The molecule has 1 aliphatic heterocycles. The molecule has 0 unspecified atom stereocenters. The van der Waals surface area contributed by atoms with Crippen LogP contribution in [0.5, 0.6) is 5.75 Å². The minimum atomic E-state index is -3.71. The fraction of sp³-hybridized carbons (Fsp3) is 0.391. The molecular formula is C23H26ClN3O5S. The van der Waals surface area contributed by atoms with Crippen LogP contribution >= 0.6 is 11.6 Å². The van der Waals surface area contributed by atoms with Gasteiger partial charge in [-0.15, -0.1) is 0 Å². The number of carboxylic acid groups (broad SMARTS) is 1. The van der Waals surface area contributed by atoms with Crippen molar-refractivity contribution in [3.63, 3.8) is 0 Å². The van der Waals surface area contributed by atoms with Crippen LogP contribution in [-0.4, -0.2) is 52.8 Å². The number of benzene rings is 2. The second kappa shape index (κ2) is 8.96. The Morgan fingerprint density at radius 3 is 2.55 bits per heavy atom. The van der Waals surface area contributed by atoms with Crippen LogP contribution in [0.25, 0.3) is 10.9 Å². The third kappa shape index (κ3) is 4.71. The van der Waals surface area contributed by atoms with Crippen molar-refractivity contribution in [2.24, 2.45) is 5.92 Å². The van der Waals surface area contributed by atoms with E-state index in [0.29, 0.717) is 33.9 Å². The summed E-state index contributed by atoms with van der Waals surface area (Å²) >= 11 is 6.20. The van der Waals surface area contributed by atoms with Crippen molar-refractivity contribution < 1.29 is 23.1 Å². The molecule has 8 nitrogen and oxygen atoms in total. The average molecular weight is 492 g/mol. The van der Waals surface area contributed by atoms with Gasteiger partial charge in [0.25, 0.3) is 0 Å². The van der Waals surface area contributed by atoms with Gasteiger partial charge in [-0.2, -0.15) is 9.40 Å². The topological polar surface area (TPSA) is 102 Å². The third-order valence-electron chi connectivity index (χ3n) is 5.75. The van der Waals surface area contributed by atoms with Crippen molar-refractivity contribution >= 4 is 38.5 Å². The molecule has 1 fully saturated rings. The van der Waals surface area contributed by atoms with Crippen LogP contribution in [-0.2, 0) is 21.2 Å². The van der Waals surface area contributed by atoms with Crippen LogP contribution in [0, 0.1) is 5.92 Å². The molecule has 0 saturated carbocycles. The van der Waals surface area contributed by atoms with Crippen LogP contribution in [0.3, 0.4) is 0 Å². The minimum Gasteiger partial charge on any atom is -0.491 e. The minimum absolute atomic E-state index is 0.00365. The summed E-state index contributed by atoms with van der Waals surface area (Å²) in [6.07, 6.45) is -0.227. The lowest BCUT2D eigenvalue weighted by Crippen LogP contribution is -2.29. The molecule has 33 heavy (non-hydrogen) atoms. The van der Waals surface area contributed by atoms with Gasteiger partial charge in [0.1, 0.15) is 5.75 Å². The standard InChI is InChI=1S/C23H26ClN3O5S/c1-14(2)32-17-5-7-18(8-6-17)33(30,31)26-12-15(3)22(13-26)27-21-10-16(24)4-9-19(21)20(25-27)11-23(28)29/h4-10,14-15,22H,11-13H2,1-3H3,(H,28,29)/t15-,22+/m1/s1. The second-order valence-corrected chi connectivity index (χ2v) is 11.0. The number of carboxylic acids is 1. The fourth-order valence-electron chi connectivity index (χ4n) is 4.23. The highest BCUT2D eigenvalue weighted by molar-refractivity contribution is 7.89. The first kappa shape index (κ1) is 23.5. The Bertz CT molecular complexity index is 1290. The van der Waals surface area contributed by atoms with Crippen molar-refractivity contribution in [1.82, 2.24) is 14.1 Å². The Morgan fingerprint density at radius 2 is 1.91 bits per heavy atom. The molecule has 0 spiro atoms. The van der Waals surface area contributed by atoms with Crippen molar-refractivity contribution in [3.8, 4) is 5.75 Å². The largest absolute Gasteiger partial charge is 0.491 e. The number of ether oxygens (including phenoxy) is 1. The van der Waals surface area contributed by atoms with E-state index in [0.717, 1.165) is 0 Å². The SMILES string of the molecule is CC(C)Oc1ccc(S(=O)(=O)N2C[C@@H](C)[C@@H](n3nc(CC(=O)O)c4ccc(Cl)cc43)C2)cc1. The quantitative estimate of drug-likeness (QED) is 0.536. The van der Waals surface area contributed by atoms with E-state index < -0.39 is 16.0 Å². The zero-order valence-electron chi connectivity index (χ0n) is 18.6. The maximum Gasteiger partial charge on any atom is 0.309 e. The summed E-state index contributed by atoms with van der Waals surface area (Å²) in [5.74, 6) is -0.407. The number of fused-ring (bicyclic) bond motifs is 1. The fourth-order valence-corrected chi connectivity index (χ4v) is 5.96. The average Bonchev–Trinajstić information content (AvgIpc) is 3.28. The van der Waals surface area contributed by atoms with Crippen molar-refractivity contribution in [3.05, 3.63) is 53.2 Å². The van der Waals surface area contributed by atoms with Crippen LogP contribution in [0.2, 0.25) is 5.02 Å². The molecule has 2 heterocycles. The Kier molecular flexibility index (Phi) is 6.39. The van der Waals surface area contributed by atoms with E-state index >= 15 is 0 Å². The highest BCUT2D eigenvalue weighted by Crippen LogP contribution is 2.35. The Morgan fingerprint density at radius 1 is 1.21 bits per heavy atom. The molecule has 0 aliphatic carbocycles. The van der Waals surface area contributed by atoms with Gasteiger partial charge in [-0.05, 0) is 62.2 Å². The van der Waals surface area contributed by atoms with Crippen LogP contribution in [0.4, 0.5) is 0 Å². The van der Waals surface area contributed by atoms with E-state index in [1.165, 1.54) is 4.31 Å². The molecule has 2 atom stereocenters. The summed E-state index contributed by atoms with van der Waals surface area (Å²) < 4.78 is 35.4. The predicted molar refractivity (Wildman–Crippen MR) is 125 cm³/mol. The molecule has 4 rings (SSSR count). The molecule has 0 radical (unpaired) electrons. The number of aliphatic carboxylic acids is 1. The summed E-state index contributed by atoms with van der Waals surface area (Å²) in [5.41, 5.74) is 1.13. The molecule has 10 heteroatoms. The first-order valence-electron chi connectivity index (χ1n) is 10.7. The number of hydrogen-bond donors (Lipinski definition) is 1. The Hall–Kier alpha value is -2.62. The van der Waals surface area contributed by atoms with Crippen LogP contribution in [0.1, 0.15) is 32.5 Å². The summed E-state index contributed by atoms with van der Waals surface area (Å²) in [7, 11) is -3.71. The highest BCUT2D eigenvalue weighted by Gasteiger charge is 2.39. The number of sulfonamides is 1. The monoisotopic (exact) mass is 491 g/mol. The normalized spacial score (nSPS) is 19.4. The smallest absolute Gasteiger partial charge is 0.309 e. The van der Waals surface area contributed by atoms with Gasteiger partial charge in [-0.25, -0.2) is 8.42 Å². The number of rotatable bonds is 7. The Labute approximate surface area is 197 Å². The molecule has 176 valence electrons. The van der Waals surface area contributed by atoms with Crippen molar-refractivity contribution in [1.29, 1.82) is 0 Å². The lowest BCUT2D eigenvalue weighted by Gasteiger charge is -2.18. The summed E-state index contributed by atoms with van der Waals surface area (Å²) in [6, 6.07) is 11.4. The van der Waals surface area contributed by atoms with E-state index in [9.17, 15) is 18.3 Å². The van der Waals surface area contributed by atoms with Crippen molar-refractivity contribution in [2.75, 3.05) is 13.1 Å². The predicted octanol–water partition coefficient (Wildman–Crippen LogP) is 3.99. The second-order valence-electron chi connectivity index (χ2n) is 8.63. The van der Waals surface area contributed by atoms with Crippen LogP contribution in [0.15, 0.2) is 47.4 Å². The molecular weight excluding hydrogens is 466 g/mol. The summed E-state index contributed by atoms with van der Waals surface area (Å²) in [6.45, 7) is 6.33. The van der Waals surface area contributed by atoms with E-state index in [1.54, 1.807) is 47.1 Å². The number of aromatic nitrogens is 2. The van der Waals surface area contributed by atoms with Gasteiger partial charge < -0.3 is 9.84 Å². The van der Waals surface area contributed by atoms with Crippen molar-refractivity contribution in [2.45, 2.75) is 44.2 Å². The van der Waals surface area contributed by atoms with Gasteiger partial charge in [0, 0.05) is 23.5 Å². The number of hydrogen-bond acceptors (Lipinski definition) is 5. The van der Waals surface area contributed by atoms with E-state index in [1.807, 2.05) is 20.8 Å². The number of nitrogens with zero attached hydrogens (tertiary/aromatic N) is 3. The lowest BCUT2D eigenvalue weighted by molar-refractivity contribution is -0.136. The lowest BCUT2D eigenvalue weighted by atomic mass is 10.1. The molecule has 0 bridgehead atoms. The molecule has 1 aromatic heterocycles. The van der Waals surface area contributed by atoms with Crippen LogP contribution < -0.4 is 4.74 Å². The highest BCUT2D eigenvalue weighted by atomic mass is 35.5. The molecule has 3 aromatic rings. The summed E-state index contributed by atoms with van der Waals surface area (Å²) in [4.78, 5) is 11.5. The maximum absolute atomic E-state index is 13.3. The van der Waals surface area contributed by atoms with Gasteiger partial charge in [0.2, 0.25) is 10.0 Å². The molecule has 0 amide bonds. The van der Waals surface area contributed by atoms with E-state index in [2.05, 4.69) is 5.10 Å². The summed E-state index contributed by atoms with van der Waals surface area (Å²) in [5, 5.41) is 15.1. The zero-order valence-corrected chi connectivity index (χ0v) is 20.2. The zero-order chi connectivity index (χ0) is 23.9. The molecule has 1 N–H and O–H groups in total. The van der Waals surface area contributed by atoms with E-state index in [-0.39, 0.29) is 35.9 Å². The van der Waals surface area contributed by atoms with Gasteiger partial charge in [0.05, 0.1) is 34.7 Å². The van der Waals surface area contributed by atoms with E-state index in [4.69, 9.17) is 16.3 Å². The van der Waals surface area contributed by atoms with Gasteiger partial charge in [-0.1, -0.05) is 18.5 Å².